The molecule has 0 aliphatic heterocycles. The highest BCUT2D eigenvalue weighted by molar-refractivity contribution is 6.33. The van der Waals surface area contributed by atoms with Crippen LogP contribution in [0, 0.1) is 0 Å². The summed E-state index contributed by atoms with van der Waals surface area (Å²) in [6.45, 7) is 0.100. The van der Waals surface area contributed by atoms with Crippen LogP contribution in [0.25, 0.3) is 0 Å². The van der Waals surface area contributed by atoms with Crippen molar-refractivity contribution in [1.82, 2.24) is 0 Å². The summed E-state index contributed by atoms with van der Waals surface area (Å²) in [6, 6.07) is 9.34. The van der Waals surface area contributed by atoms with Crippen LogP contribution in [0.1, 0.15) is 15.9 Å². The highest BCUT2D eigenvalue weighted by Crippen LogP contribution is 2.26. The number of hydrogen-bond acceptors (Lipinski definition) is 3. The number of ether oxygens (including phenoxy) is 1. The zero-order chi connectivity index (χ0) is 14.7. The molecule has 0 amide bonds. The maximum absolute atomic E-state index is 11.1. The van der Waals surface area contributed by atoms with Crippen LogP contribution in [-0.2, 0) is 6.61 Å². The molecule has 2 rings (SSSR count). The molecule has 2 aromatic rings. The maximum Gasteiger partial charge on any atom is 0.339 e. The molecule has 0 unspecified atom stereocenters. The van der Waals surface area contributed by atoms with Crippen molar-refractivity contribution in [2.24, 2.45) is 0 Å². The normalized spacial score (nSPS) is 10.3. The van der Waals surface area contributed by atoms with E-state index in [9.17, 15) is 4.79 Å². The Morgan fingerprint density at radius 2 is 1.95 bits per heavy atom. The monoisotopic (exact) mass is 311 g/mol. The number of aromatic carboxylic acids is 1. The van der Waals surface area contributed by atoms with Gasteiger partial charge in [0.25, 0.3) is 0 Å². The summed E-state index contributed by atoms with van der Waals surface area (Å²) in [5.74, 6) is -0.897. The van der Waals surface area contributed by atoms with Crippen molar-refractivity contribution in [3.8, 4) is 5.75 Å². The van der Waals surface area contributed by atoms with Crippen molar-refractivity contribution in [3.05, 3.63) is 57.6 Å². The second-order valence-electron chi connectivity index (χ2n) is 4.09. The molecule has 20 heavy (non-hydrogen) atoms. The second kappa shape index (κ2) is 6.03. The van der Waals surface area contributed by atoms with Crippen molar-refractivity contribution in [3.63, 3.8) is 0 Å². The van der Waals surface area contributed by atoms with E-state index < -0.39 is 5.97 Å². The lowest BCUT2D eigenvalue weighted by Gasteiger charge is -2.11. The second-order valence-corrected chi connectivity index (χ2v) is 4.93. The summed E-state index contributed by atoms with van der Waals surface area (Å²) in [6.07, 6.45) is 0. The Labute approximate surface area is 125 Å². The molecule has 0 fully saturated rings. The summed E-state index contributed by atoms with van der Waals surface area (Å²) in [7, 11) is 0. The highest BCUT2D eigenvalue weighted by atomic mass is 35.5. The van der Waals surface area contributed by atoms with Gasteiger partial charge in [-0.25, -0.2) is 4.79 Å². The quantitative estimate of drug-likeness (QED) is 0.841. The van der Waals surface area contributed by atoms with E-state index in [1.807, 2.05) is 0 Å². The number of anilines is 1. The fourth-order valence-corrected chi connectivity index (χ4v) is 2.01. The van der Waals surface area contributed by atoms with Crippen molar-refractivity contribution in [1.29, 1.82) is 0 Å². The molecule has 0 spiro atoms. The van der Waals surface area contributed by atoms with Crippen LogP contribution >= 0.6 is 23.2 Å². The Bertz CT molecular complexity index is 659. The Morgan fingerprint density at radius 3 is 2.65 bits per heavy atom. The number of carboxylic acids is 1. The fourth-order valence-electron chi connectivity index (χ4n) is 1.64. The maximum atomic E-state index is 11.1. The fraction of sp³-hybridized carbons (Fsp3) is 0.0714. The standard InChI is InChI=1S/C14H11Cl2NO3/c15-9-1-4-12(16)8(5-9)7-20-13-6-10(17)2-3-11(13)14(18)19/h1-6H,7,17H2,(H,18,19). The van der Waals surface area contributed by atoms with Crippen LogP contribution in [0.2, 0.25) is 10.0 Å². The molecule has 0 bridgehead atoms. The first-order chi connectivity index (χ1) is 9.47. The first kappa shape index (κ1) is 14.5. The van der Waals surface area contributed by atoms with Crippen LogP contribution in [0.4, 0.5) is 5.69 Å². The molecule has 3 N–H and O–H groups in total. The minimum atomic E-state index is -1.09. The van der Waals surface area contributed by atoms with Crippen LogP contribution < -0.4 is 10.5 Å². The van der Waals surface area contributed by atoms with Crippen LogP contribution in [0.5, 0.6) is 5.75 Å². The molecule has 0 radical (unpaired) electrons. The SMILES string of the molecule is Nc1ccc(C(=O)O)c(OCc2cc(Cl)ccc2Cl)c1. The lowest BCUT2D eigenvalue weighted by atomic mass is 10.2. The van der Waals surface area contributed by atoms with Crippen molar-refractivity contribution < 1.29 is 14.6 Å². The van der Waals surface area contributed by atoms with Crippen molar-refractivity contribution in [2.45, 2.75) is 6.61 Å². The van der Waals surface area contributed by atoms with Gasteiger partial charge < -0.3 is 15.6 Å². The predicted molar refractivity (Wildman–Crippen MR) is 78.6 cm³/mol. The average molecular weight is 312 g/mol. The first-order valence-electron chi connectivity index (χ1n) is 5.67. The van der Waals surface area contributed by atoms with Gasteiger partial charge in [0.2, 0.25) is 0 Å². The number of hydrogen-bond donors (Lipinski definition) is 2. The Kier molecular flexibility index (Phi) is 4.37. The molecule has 0 aliphatic rings. The molecule has 0 atom stereocenters. The van der Waals surface area contributed by atoms with Crippen molar-refractivity contribution >= 4 is 34.9 Å². The Hall–Kier alpha value is -1.91. The molecule has 104 valence electrons. The van der Waals surface area contributed by atoms with Gasteiger partial charge in [-0.1, -0.05) is 23.2 Å². The van der Waals surface area contributed by atoms with Gasteiger partial charge in [-0.3, -0.25) is 0 Å². The molecule has 4 nitrogen and oxygen atoms in total. The van der Waals surface area contributed by atoms with Gasteiger partial charge in [-0.15, -0.1) is 0 Å². The summed E-state index contributed by atoms with van der Waals surface area (Å²) >= 11 is 11.9. The Balaban J connectivity index is 2.24. The lowest BCUT2D eigenvalue weighted by molar-refractivity contribution is 0.0692. The van der Waals surface area contributed by atoms with E-state index in [1.165, 1.54) is 18.2 Å². The zero-order valence-electron chi connectivity index (χ0n) is 10.3. The molecule has 0 aromatic heterocycles. The van der Waals surface area contributed by atoms with Gasteiger partial charge >= 0.3 is 5.97 Å². The molecule has 2 aromatic carbocycles. The third-order valence-corrected chi connectivity index (χ3v) is 3.23. The van der Waals surface area contributed by atoms with Gasteiger partial charge in [0, 0.05) is 27.4 Å². The summed E-state index contributed by atoms with van der Waals surface area (Å²) in [5.41, 5.74) is 6.75. The minimum Gasteiger partial charge on any atom is -0.488 e. The summed E-state index contributed by atoms with van der Waals surface area (Å²) < 4.78 is 5.50. The van der Waals surface area contributed by atoms with E-state index in [0.717, 1.165) is 0 Å². The summed E-state index contributed by atoms with van der Waals surface area (Å²) in [5, 5.41) is 10.1. The summed E-state index contributed by atoms with van der Waals surface area (Å²) in [4.78, 5) is 11.1. The van der Waals surface area contributed by atoms with E-state index >= 15 is 0 Å². The van der Waals surface area contributed by atoms with Crippen LogP contribution in [-0.4, -0.2) is 11.1 Å². The molecule has 0 saturated carbocycles. The number of carboxylic acid groups (broad SMARTS) is 1. The molecule has 0 heterocycles. The van der Waals surface area contributed by atoms with E-state index in [2.05, 4.69) is 0 Å². The minimum absolute atomic E-state index is 0.0392. The van der Waals surface area contributed by atoms with Crippen LogP contribution in [0.15, 0.2) is 36.4 Å². The van der Waals surface area contributed by atoms with E-state index in [-0.39, 0.29) is 17.9 Å². The number of carbonyl (C=O) groups is 1. The van der Waals surface area contributed by atoms with Gasteiger partial charge in [-0.2, -0.15) is 0 Å². The lowest BCUT2D eigenvalue weighted by Crippen LogP contribution is -2.04. The number of halogens is 2. The highest BCUT2D eigenvalue weighted by Gasteiger charge is 2.12. The molecule has 0 saturated heterocycles. The number of nitrogen functional groups attached to an aromatic ring is 1. The van der Waals surface area contributed by atoms with Gasteiger partial charge in [-0.05, 0) is 30.3 Å². The average Bonchev–Trinajstić information content (AvgIpc) is 2.39. The number of nitrogens with two attached hydrogens (primary N) is 1. The van der Waals surface area contributed by atoms with E-state index in [1.54, 1.807) is 18.2 Å². The number of benzene rings is 2. The van der Waals surface area contributed by atoms with Crippen molar-refractivity contribution in [2.75, 3.05) is 5.73 Å². The third-order valence-electron chi connectivity index (χ3n) is 2.63. The topological polar surface area (TPSA) is 72.6 Å². The van der Waals surface area contributed by atoms with Gasteiger partial charge in [0.1, 0.15) is 17.9 Å². The Morgan fingerprint density at radius 1 is 1.20 bits per heavy atom. The zero-order valence-corrected chi connectivity index (χ0v) is 11.8. The first-order valence-corrected chi connectivity index (χ1v) is 6.42. The van der Waals surface area contributed by atoms with E-state index in [4.69, 9.17) is 38.8 Å². The smallest absolute Gasteiger partial charge is 0.339 e. The molecule has 0 aliphatic carbocycles. The van der Waals surface area contributed by atoms with Gasteiger partial charge in [0.15, 0.2) is 0 Å². The predicted octanol–water partition coefficient (Wildman–Crippen LogP) is 3.85. The third kappa shape index (κ3) is 3.35. The molecule has 6 heteroatoms. The van der Waals surface area contributed by atoms with Crippen LogP contribution in [0.3, 0.4) is 0 Å². The van der Waals surface area contributed by atoms with Gasteiger partial charge in [0.05, 0.1) is 0 Å². The van der Waals surface area contributed by atoms with E-state index in [0.29, 0.717) is 21.3 Å². The largest absolute Gasteiger partial charge is 0.488 e. The number of rotatable bonds is 4. The molecular weight excluding hydrogens is 301 g/mol. The molecular formula is C14H11Cl2NO3.